The van der Waals surface area contributed by atoms with Gasteiger partial charge in [0.05, 0.1) is 6.10 Å². The summed E-state index contributed by atoms with van der Waals surface area (Å²) in [6.45, 7) is 17.3. The lowest BCUT2D eigenvalue weighted by Gasteiger charge is -2.40. The van der Waals surface area contributed by atoms with Gasteiger partial charge in [0, 0.05) is 13.7 Å². The van der Waals surface area contributed by atoms with Gasteiger partial charge in [0.25, 0.3) is 5.91 Å². The molecule has 3 heterocycles. The molecule has 200 valence electrons. The molecule has 4 rings (SSSR count). The second kappa shape index (κ2) is 10.8. The normalized spacial score (nSPS) is 22.6. The molecule has 1 unspecified atom stereocenters. The smallest absolute Gasteiger partial charge is 0.256 e. The van der Waals surface area contributed by atoms with Crippen LogP contribution in [0, 0.1) is 0 Å². The standard InChI is InChI=1S/C25H37N6O4PSi/c1-9-17-19(34-36(5)6)20(35-37(7,8)25(2,3)4)24(33-17)31-22-18(29-30-31)21(26-15-27-22)28-23(32)16-13-11-10-12-14-16/h10-15,17,19-20,24H,9H2,1-8H3,(H,26,27,28,32)/t17-,19?,20+,24-/m1/s1. The highest BCUT2D eigenvalue weighted by Gasteiger charge is 2.52. The summed E-state index contributed by atoms with van der Waals surface area (Å²) in [5, 5.41) is 11.6. The number of benzene rings is 1. The van der Waals surface area contributed by atoms with Crippen molar-refractivity contribution < 1.29 is 18.5 Å². The van der Waals surface area contributed by atoms with Crippen molar-refractivity contribution in [1.82, 2.24) is 25.0 Å². The predicted octanol–water partition coefficient (Wildman–Crippen LogP) is 5.21. The van der Waals surface area contributed by atoms with E-state index in [0.717, 1.165) is 6.42 Å². The average molecular weight is 545 g/mol. The number of carbonyl (C=O) groups excluding carboxylic acids is 1. The van der Waals surface area contributed by atoms with E-state index in [4.69, 9.17) is 13.7 Å². The Bertz CT molecular complexity index is 1230. The van der Waals surface area contributed by atoms with Crippen LogP contribution in [-0.2, 0) is 13.7 Å². The summed E-state index contributed by atoms with van der Waals surface area (Å²) in [5.41, 5.74) is 1.36. The monoisotopic (exact) mass is 544 g/mol. The van der Waals surface area contributed by atoms with Gasteiger partial charge in [-0.3, -0.25) is 4.79 Å². The van der Waals surface area contributed by atoms with Crippen LogP contribution in [0.1, 0.15) is 50.7 Å². The molecule has 12 heteroatoms. The quantitative estimate of drug-likeness (QED) is 0.304. The van der Waals surface area contributed by atoms with E-state index in [1.54, 1.807) is 16.8 Å². The first-order valence-electron chi connectivity index (χ1n) is 12.5. The Morgan fingerprint density at radius 3 is 2.49 bits per heavy atom. The van der Waals surface area contributed by atoms with Gasteiger partial charge in [-0.1, -0.05) is 51.1 Å². The predicted molar refractivity (Wildman–Crippen MR) is 147 cm³/mol. The van der Waals surface area contributed by atoms with Gasteiger partial charge in [0.15, 0.2) is 31.5 Å². The van der Waals surface area contributed by atoms with Crippen molar-refractivity contribution in [3.05, 3.63) is 42.2 Å². The van der Waals surface area contributed by atoms with Crippen molar-refractivity contribution in [3.8, 4) is 0 Å². The molecule has 3 aromatic rings. The molecule has 37 heavy (non-hydrogen) atoms. The van der Waals surface area contributed by atoms with E-state index in [-0.39, 0.29) is 29.0 Å². The molecular weight excluding hydrogens is 507 g/mol. The molecule has 1 amide bonds. The zero-order valence-electron chi connectivity index (χ0n) is 22.8. The highest BCUT2D eigenvalue weighted by Crippen LogP contribution is 2.46. The molecule has 0 spiro atoms. The number of nitrogens with zero attached hydrogens (tertiary/aromatic N) is 5. The molecule has 10 nitrogen and oxygen atoms in total. The lowest BCUT2D eigenvalue weighted by molar-refractivity contribution is -0.0402. The van der Waals surface area contributed by atoms with Gasteiger partial charge in [-0.05, 0) is 50.0 Å². The van der Waals surface area contributed by atoms with Gasteiger partial charge >= 0.3 is 0 Å². The topological polar surface area (TPSA) is 113 Å². The van der Waals surface area contributed by atoms with Gasteiger partial charge in [-0.15, -0.1) is 5.10 Å². The van der Waals surface area contributed by atoms with Gasteiger partial charge in [0.1, 0.15) is 18.5 Å². The Balaban J connectivity index is 1.72. The van der Waals surface area contributed by atoms with E-state index in [1.807, 2.05) is 18.2 Å². The number of carbonyl (C=O) groups is 1. The van der Waals surface area contributed by atoms with Crippen LogP contribution in [0.25, 0.3) is 11.2 Å². The zero-order valence-corrected chi connectivity index (χ0v) is 24.7. The third-order valence-corrected chi connectivity index (χ3v) is 12.2. The Morgan fingerprint density at radius 2 is 1.86 bits per heavy atom. The Hall–Kier alpha value is -2.30. The summed E-state index contributed by atoms with van der Waals surface area (Å²) in [4.78, 5) is 21.5. The number of aromatic nitrogens is 5. The van der Waals surface area contributed by atoms with Crippen molar-refractivity contribution in [2.75, 3.05) is 18.6 Å². The van der Waals surface area contributed by atoms with E-state index in [2.05, 4.69) is 79.7 Å². The van der Waals surface area contributed by atoms with Gasteiger partial charge in [0.2, 0.25) is 0 Å². The van der Waals surface area contributed by atoms with Crippen LogP contribution in [-0.4, -0.2) is 70.8 Å². The number of ether oxygens (including phenoxy) is 1. The largest absolute Gasteiger partial charge is 0.406 e. The van der Waals surface area contributed by atoms with Gasteiger partial charge in [-0.2, -0.15) is 4.68 Å². The van der Waals surface area contributed by atoms with Crippen molar-refractivity contribution in [1.29, 1.82) is 0 Å². The average Bonchev–Trinajstić information content (AvgIpc) is 3.40. The first-order chi connectivity index (χ1) is 17.4. The lowest BCUT2D eigenvalue weighted by Crippen LogP contribution is -2.49. The molecule has 1 aliphatic rings. The fourth-order valence-electron chi connectivity index (χ4n) is 4.04. The molecule has 1 N–H and O–H groups in total. The van der Waals surface area contributed by atoms with Crippen LogP contribution in [0.3, 0.4) is 0 Å². The van der Waals surface area contributed by atoms with Gasteiger partial charge < -0.3 is 19.0 Å². The summed E-state index contributed by atoms with van der Waals surface area (Å²) < 4.78 is 21.6. The second-order valence-electron chi connectivity index (χ2n) is 10.9. The van der Waals surface area contributed by atoms with Crippen LogP contribution in [0.4, 0.5) is 5.82 Å². The Kier molecular flexibility index (Phi) is 8.11. The molecule has 0 bridgehead atoms. The lowest BCUT2D eigenvalue weighted by atomic mass is 10.1. The number of rotatable bonds is 8. The fourth-order valence-corrected chi connectivity index (χ4v) is 6.07. The van der Waals surface area contributed by atoms with Gasteiger partial charge in [-0.25, -0.2) is 9.97 Å². The van der Waals surface area contributed by atoms with Crippen molar-refractivity contribution in [2.45, 2.75) is 76.8 Å². The van der Waals surface area contributed by atoms with Crippen molar-refractivity contribution >= 4 is 39.4 Å². The first-order valence-corrected chi connectivity index (χ1v) is 17.6. The minimum atomic E-state index is -2.20. The van der Waals surface area contributed by atoms with Crippen LogP contribution < -0.4 is 5.32 Å². The number of hydrogen-bond acceptors (Lipinski definition) is 8. The van der Waals surface area contributed by atoms with Crippen molar-refractivity contribution in [3.63, 3.8) is 0 Å². The number of anilines is 1. The molecule has 0 radical (unpaired) electrons. The summed E-state index contributed by atoms with van der Waals surface area (Å²) in [5.74, 6) is 0.000560. The zero-order chi connectivity index (χ0) is 27.0. The molecular formula is C25H37N6O4PSi. The van der Waals surface area contributed by atoms with E-state index in [1.165, 1.54) is 6.33 Å². The molecule has 4 atom stereocenters. The molecule has 1 aliphatic heterocycles. The van der Waals surface area contributed by atoms with Crippen LogP contribution >= 0.6 is 8.15 Å². The Labute approximate surface area is 220 Å². The molecule has 0 aliphatic carbocycles. The van der Waals surface area contributed by atoms with E-state index >= 15 is 0 Å². The minimum Gasteiger partial charge on any atom is -0.406 e. The molecule has 1 aromatic carbocycles. The maximum Gasteiger partial charge on any atom is 0.256 e. The molecule has 1 saturated heterocycles. The third-order valence-electron chi connectivity index (χ3n) is 7.03. The highest BCUT2D eigenvalue weighted by molar-refractivity contribution is 7.50. The molecule has 0 saturated carbocycles. The first kappa shape index (κ1) is 27.7. The number of fused-ring (bicyclic) bond motifs is 1. The van der Waals surface area contributed by atoms with E-state index in [9.17, 15) is 4.79 Å². The molecule has 2 aromatic heterocycles. The minimum absolute atomic E-state index is 0.00292. The maximum atomic E-state index is 12.8. The number of hydrogen-bond donors (Lipinski definition) is 1. The van der Waals surface area contributed by atoms with E-state index < -0.39 is 28.8 Å². The summed E-state index contributed by atoms with van der Waals surface area (Å²) in [6, 6.07) is 8.95. The maximum absolute atomic E-state index is 12.8. The summed E-state index contributed by atoms with van der Waals surface area (Å²) >= 11 is 0. The van der Waals surface area contributed by atoms with Crippen LogP contribution in [0.5, 0.6) is 0 Å². The van der Waals surface area contributed by atoms with Crippen LogP contribution in [0.2, 0.25) is 18.1 Å². The van der Waals surface area contributed by atoms with E-state index in [0.29, 0.717) is 16.7 Å². The molecule has 1 fully saturated rings. The fraction of sp³-hybridized carbons (Fsp3) is 0.560. The highest BCUT2D eigenvalue weighted by atomic mass is 31.1. The van der Waals surface area contributed by atoms with Crippen LogP contribution in [0.15, 0.2) is 36.7 Å². The number of amides is 1. The SMILES string of the molecule is CC[C@H]1O[C@@H](n2nnc3c(NC(=O)c4ccccc4)ncnc32)[C@@H](O[Si](C)(C)C(C)(C)C)C1OP(C)C. The second-order valence-corrected chi connectivity index (χ2v) is 17.5. The number of nitrogens with one attached hydrogen (secondary N) is 1. The summed E-state index contributed by atoms with van der Waals surface area (Å²) in [6.07, 6.45) is 0.771. The van der Waals surface area contributed by atoms with Crippen molar-refractivity contribution in [2.24, 2.45) is 0 Å². The Morgan fingerprint density at radius 1 is 1.16 bits per heavy atom. The third kappa shape index (κ3) is 5.76. The summed E-state index contributed by atoms with van der Waals surface area (Å²) in [7, 11) is -2.85.